The monoisotopic (exact) mass is 322 g/mol. The largest absolute Gasteiger partial charge is 0.303 e. The summed E-state index contributed by atoms with van der Waals surface area (Å²) in [7, 11) is 0. The molecule has 2 heterocycles. The van der Waals surface area contributed by atoms with Crippen LogP contribution in [0.1, 0.15) is 23.2 Å². The Kier molecular flexibility index (Phi) is 3.41. The predicted molar refractivity (Wildman–Crippen MR) is 76.5 cm³/mol. The molecular weight excluding hydrogens is 308 g/mol. The van der Waals surface area contributed by atoms with Gasteiger partial charge in [0, 0.05) is 17.6 Å². The molecule has 5 heteroatoms. The van der Waals surface area contributed by atoms with Gasteiger partial charge < -0.3 is 9.80 Å². The Balaban J connectivity index is 1.81. The van der Waals surface area contributed by atoms with Gasteiger partial charge in [0.1, 0.15) is 0 Å². The number of amides is 1. The van der Waals surface area contributed by atoms with Gasteiger partial charge in [-0.2, -0.15) is 0 Å². The van der Waals surface area contributed by atoms with Gasteiger partial charge >= 0.3 is 0 Å². The summed E-state index contributed by atoms with van der Waals surface area (Å²) in [5.74, 6) is -0.801. The molecule has 0 atom stereocenters. The molecule has 4 nitrogen and oxygen atoms in total. The van der Waals surface area contributed by atoms with Crippen LogP contribution in [0.2, 0.25) is 0 Å². The van der Waals surface area contributed by atoms with Crippen LogP contribution in [0.15, 0.2) is 22.7 Å². The van der Waals surface area contributed by atoms with Crippen LogP contribution in [-0.2, 0) is 4.79 Å². The molecule has 0 aromatic heterocycles. The number of likely N-dealkylation sites (tertiary alicyclic amines) is 1. The Morgan fingerprint density at radius 2 is 1.84 bits per heavy atom. The third-order valence-electron chi connectivity index (χ3n) is 3.79. The van der Waals surface area contributed by atoms with Crippen LogP contribution in [0.25, 0.3) is 0 Å². The van der Waals surface area contributed by atoms with E-state index in [-0.39, 0.29) is 0 Å². The maximum Gasteiger partial charge on any atom is 0.299 e. The minimum Gasteiger partial charge on any atom is -0.303 e. The van der Waals surface area contributed by atoms with Crippen molar-refractivity contribution in [3.05, 3.63) is 28.2 Å². The fraction of sp³-hybridized carbons (Fsp3) is 0.429. The first-order chi connectivity index (χ1) is 9.18. The summed E-state index contributed by atoms with van der Waals surface area (Å²) in [5.41, 5.74) is 1.25. The average molecular weight is 323 g/mol. The second-order valence-electron chi connectivity index (χ2n) is 4.97. The molecule has 3 rings (SSSR count). The number of ketones is 1. The van der Waals surface area contributed by atoms with Crippen molar-refractivity contribution in [3.8, 4) is 0 Å². The van der Waals surface area contributed by atoms with Crippen LogP contribution in [0.3, 0.4) is 0 Å². The van der Waals surface area contributed by atoms with E-state index in [0.29, 0.717) is 16.6 Å². The SMILES string of the molecule is O=C1C(=O)N(CCN2CCCC2)c2cccc(Br)c21. The number of anilines is 1. The highest BCUT2D eigenvalue weighted by molar-refractivity contribution is 9.10. The highest BCUT2D eigenvalue weighted by Crippen LogP contribution is 2.34. The number of rotatable bonds is 3. The number of hydrogen-bond donors (Lipinski definition) is 0. The standard InChI is InChI=1S/C14H15BrN2O2/c15-10-4-3-5-11-12(10)13(18)14(19)17(11)9-8-16-6-1-2-7-16/h3-5H,1-2,6-9H2. The van der Waals surface area contributed by atoms with E-state index in [1.807, 2.05) is 12.1 Å². The van der Waals surface area contributed by atoms with E-state index < -0.39 is 11.7 Å². The lowest BCUT2D eigenvalue weighted by molar-refractivity contribution is -0.114. The highest BCUT2D eigenvalue weighted by Gasteiger charge is 2.37. The van der Waals surface area contributed by atoms with E-state index in [4.69, 9.17) is 0 Å². The summed E-state index contributed by atoms with van der Waals surface area (Å²) < 4.78 is 0.701. The summed E-state index contributed by atoms with van der Waals surface area (Å²) >= 11 is 3.35. The van der Waals surface area contributed by atoms with Crippen LogP contribution in [-0.4, -0.2) is 42.8 Å². The number of halogens is 1. The number of Topliss-reactive ketones (excluding diaryl/α,β-unsaturated/α-hetero) is 1. The molecule has 1 aromatic carbocycles. The molecule has 19 heavy (non-hydrogen) atoms. The first-order valence-corrected chi connectivity index (χ1v) is 7.35. The quantitative estimate of drug-likeness (QED) is 0.800. The smallest absolute Gasteiger partial charge is 0.299 e. The first kappa shape index (κ1) is 12.8. The van der Waals surface area contributed by atoms with Gasteiger partial charge in [-0.1, -0.05) is 6.07 Å². The van der Waals surface area contributed by atoms with Crippen LogP contribution in [0.4, 0.5) is 5.69 Å². The zero-order chi connectivity index (χ0) is 13.4. The van der Waals surface area contributed by atoms with Gasteiger partial charge in [-0.05, 0) is 54.0 Å². The maximum atomic E-state index is 12.1. The molecule has 2 aliphatic rings. The fourth-order valence-corrected chi connectivity index (χ4v) is 3.31. The van der Waals surface area contributed by atoms with Crippen molar-refractivity contribution >= 4 is 33.3 Å². The Hall–Kier alpha value is -1.20. The van der Waals surface area contributed by atoms with Crippen molar-refractivity contribution in [2.75, 3.05) is 31.1 Å². The second-order valence-corrected chi connectivity index (χ2v) is 5.82. The Labute approximate surface area is 120 Å². The van der Waals surface area contributed by atoms with Gasteiger partial charge in [0.2, 0.25) is 0 Å². The molecule has 1 saturated heterocycles. The van der Waals surface area contributed by atoms with Gasteiger partial charge in [0.25, 0.3) is 11.7 Å². The topological polar surface area (TPSA) is 40.6 Å². The molecule has 100 valence electrons. The van der Waals surface area contributed by atoms with Crippen LogP contribution < -0.4 is 4.90 Å². The van der Waals surface area contributed by atoms with E-state index in [2.05, 4.69) is 20.8 Å². The van der Waals surface area contributed by atoms with Crippen molar-refractivity contribution in [2.24, 2.45) is 0 Å². The van der Waals surface area contributed by atoms with E-state index in [1.165, 1.54) is 12.8 Å². The van der Waals surface area contributed by atoms with Crippen LogP contribution >= 0.6 is 15.9 Å². The summed E-state index contributed by atoms with van der Waals surface area (Å²) in [6.07, 6.45) is 2.46. The molecule has 0 saturated carbocycles. The highest BCUT2D eigenvalue weighted by atomic mass is 79.9. The van der Waals surface area contributed by atoms with Crippen molar-refractivity contribution in [3.63, 3.8) is 0 Å². The van der Waals surface area contributed by atoms with E-state index in [1.54, 1.807) is 11.0 Å². The molecule has 0 radical (unpaired) electrons. The van der Waals surface area contributed by atoms with E-state index in [9.17, 15) is 9.59 Å². The Morgan fingerprint density at radius 1 is 1.11 bits per heavy atom. The van der Waals surface area contributed by atoms with Gasteiger partial charge in [-0.25, -0.2) is 0 Å². The lowest BCUT2D eigenvalue weighted by Crippen LogP contribution is -2.37. The Bertz CT molecular complexity index is 538. The number of carbonyl (C=O) groups is 2. The van der Waals surface area contributed by atoms with Gasteiger partial charge in [-0.3, -0.25) is 9.59 Å². The summed E-state index contributed by atoms with van der Waals surface area (Å²) in [6, 6.07) is 5.50. The number of nitrogens with zero attached hydrogens (tertiary/aromatic N) is 2. The molecular formula is C14H15BrN2O2. The van der Waals surface area contributed by atoms with Gasteiger partial charge in [0.05, 0.1) is 11.3 Å². The van der Waals surface area contributed by atoms with Crippen molar-refractivity contribution in [1.29, 1.82) is 0 Å². The molecule has 0 unspecified atom stereocenters. The molecule has 0 bridgehead atoms. The molecule has 1 fully saturated rings. The van der Waals surface area contributed by atoms with Gasteiger partial charge in [-0.15, -0.1) is 0 Å². The van der Waals surface area contributed by atoms with Crippen LogP contribution in [0, 0.1) is 0 Å². The molecule has 0 spiro atoms. The summed E-state index contributed by atoms with van der Waals surface area (Å²) in [5, 5.41) is 0. The normalized spacial score (nSPS) is 19.3. The predicted octanol–water partition coefficient (Wildman–Crippen LogP) is 2.07. The van der Waals surface area contributed by atoms with Gasteiger partial charge in [0.15, 0.2) is 0 Å². The first-order valence-electron chi connectivity index (χ1n) is 6.55. The van der Waals surface area contributed by atoms with Crippen molar-refractivity contribution in [1.82, 2.24) is 4.90 Å². The molecule has 2 aliphatic heterocycles. The second kappa shape index (κ2) is 5.06. The minimum atomic E-state index is -0.402. The molecule has 1 amide bonds. The summed E-state index contributed by atoms with van der Waals surface area (Å²) in [6.45, 7) is 3.63. The van der Waals surface area contributed by atoms with Crippen LogP contribution in [0.5, 0.6) is 0 Å². The molecule has 0 aliphatic carbocycles. The Morgan fingerprint density at radius 3 is 2.58 bits per heavy atom. The zero-order valence-corrected chi connectivity index (χ0v) is 12.1. The zero-order valence-electron chi connectivity index (χ0n) is 10.6. The fourth-order valence-electron chi connectivity index (χ4n) is 2.77. The average Bonchev–Trinajstić information content (AvgIpc) is 2.98. The third kappa shape index (κ3) is 2.21. The lowest BCUT2D eigenvalue weighted by atomic mass is 10.1. The number of carbonyl (C=O) groups excluding carboxylic acids is 2. The van der Waals surface area contributed by atoms with E-state index in [0.717, 1.165) is 25.3 Å². The van der Waals surface area contributed by atoms with E-state index >= 15 is 0 Å². The lowest BCUT2D eigenvalue weighted by Gasteiger charge is -2.21. The molecule has 1 aromatic rings. The minimum absolute atomic E-state index is 0.399. The maximum absolute atomic E-state index is 12.1. The number of hydrogen-bond acceptors (Lipinski definition) is 3. The van der Waals surface area contributed by atoms with Crippen molar-refractivity contribution in [2.45, 2.75) is 12.8 Å². The third-order valence-corrected chi connectivity index (χ3v) is 4.45. The molecule has 0 N–H and O–H groups in total. The summed E-state index contributed by atoms with van der Waals surface area (Å²) in [4.78, 5) is 28.0. The van der Waals surface area contributed by atoms with Crippen molar-refractivity contribution < 1.29 is 9.59 Å². The number of benzene rings is 1. The number of fused-ring (bicyclic) bond motifs is 1.